The van der Waals surface area contributed by atoms with Crippen LogP contribution in [0, 0.1) is 0 Å². The Labute approximate surface area is 209 Å². The van der Waals surface area contributed by atoms with E-state index in [-0.39, 0.29) is 30.1 Å². The number of guanidine groups is 1. The van der Waals surface area contributed by atoms with E-state index in [1.54, 1.807) is 0 Å². The first-order chi connectivity index (χ1) is 15.3. The molecule has 1 aliphatic rings. The lowest BCUT2D eigenvalue weighted by Gasteiger charge is -2.27. The topological polar surface area (TPSA) is 58.1 Å². The van der Waals surface area contributed by atoms with Gasteiger partial charge in [-0.25, -0.2) is 0 Å². The second-order valence-electron chi connectivity index (χ2n) is 7.79. The fourth-order valence-electron chi connectivity index (χ4n) is 3.64. The molecule has 0 bridgehead atoms. The summed E-state index contributed by atoms with van der Waals surface area (Å²) in [6.07, 6.45) is 1.03. The van der Waals surface area contributed by atoms with Gasteiger partial charge in [0, 0.05) is 46.4 Å². The molecule has 0 spiro atoms. The molecule has 1 saturated heterocycles. The average Bonchev–Trinajstić information content (AvgIpc) is 2.83. The van der Waals surface area contributed by atoms with Crippen LogP contribution in [0.2, 0.25) is 0 Å². The van der Waals surface area contributed by atoms with E-state index in [9.17, 15) is 0 Å². The van der Waals surface area contributed by atoms with Crippen molar-refractivity contribution < 1.29 is 9.47 Å². The lowest BCUT2D eigenvalue weighted by molar-refractivity contribution is 0.0341. The summed E-state index contributed by atoms with van der Waals surface area (Å²) in [5.74, 6) is 0.817. The van der Waals surface area contributed by atoms with Crippen LogP contribution in [0.25, 0.3) is 0 Å². The van der Waals surface area contributed by atoms with E-state index in [1.807, 2.05) is 25.2 Å². The van der Waals surface area contributed by atoms with Gasteiger partial charge in [0.05, 0.1) is 19.3 Å². The number of halogens is 1. The Morgan fingerprint density at radius 1 is 1.03 bits per heavy atom. The maximum atomic E-state index is 5.95. The standard InChI is InChI=1S/C25H36N4O2.HI/c1-21(22-9-4-3-5-10-22)31-16-8-13-27-25(26-2)28-19-23-11-6-7-12-24(23)20-29-14-17-30-18-15-29;/h3-7,9-12,21H,8,13-20H2,1-2H3,(H2,26,27,28);1H. The zero-order valence-electron chi connectivity index (χ0n) is 19.3. The third kappa shape index (κ3) is 9.05. The fourth-order valence-corrected chi connectivity index (χ4v) is 3.64. The van der Waals surface area contributed by atoms with Crippen LogP contribution in [0.15, 0.2) is 59.6 Å². The maximum absolute atomic E-state index is 5.95. The number of morpholine rings is 1. The lowest BCUT2D eigenvalue weighted by atomic mass is 10.1. The summed E-state index contributed by atoms with van der Waals surface area (Å²) in [4.78, 5) is 6.81. The molecule has 1 aliphatic heterocycles. The Hall–Kier alpha value is -1.68. The highest BCUT2D eigenvalue weighted by atomic mass is 127. The molecule has 0 amide bonds. The normalized spacial score (nSPS) is 15.6. The molecule has 2 aromatic carbocycles. The summed E-state index contributed by atoms with van der Waals surface area (Å²) in [6, 6.07) is 18.9. The summed E-state index contributed by atoms with van der Waals surface area (Å²) in [5.41, 5.74) is 3.87. The fraction of sp³-hybridized carbons (Fsp3) is 0.480. The third-order valence-electron chi connectivity index (χ3n) is 5.54. The summed E-state index contributed by atoms with van der Waals surface area (Å²) in [7, 11) is 1.81. The zero-order chi connectivity index (χ0) is 21.7. The smallest absolute Gasteiger partial charge is 0.191 e. The molecule has 1 unspecified atom stereocenters. The summed E-state index contributed by atoms with van der Waals surface area (Å²) in [5, 5.41) is 6.83. The van der Waals surface area contributed by atoms with Gasteiger partial charge in [0.2, 0.25) is 0 Å². The predicted octanol–water partition coefficient (Wildman–Crippen LogP) is 3.97. The average molecular weight is 553 g/mol. The van der Waals surface area contributed by atoms with Gasteiger partial charge in [-0.3, -0.25) is 9.89 Å². The van der Waals surface area contributed by atoms with Gasteiger partial charge >= 0.3 is 0 Å². The number of ether oxygens (including phenoxy) is 2. The minimum Gasteiger partial charge on any atom is -0.379 e. The highest BCUT2D eigenvalue weighted by molar-refractivity contribution is 14.0. The lowest BCUT2D eigenvalue weighted by Crippen LogP contribution is -2.38. The molecular formula is C25H37IN4O2. The van der Waals surface area contributed by atoms with Crippen LogP contribution < -0.4 is 10.6 Å². The van der Waals surface area contributed by atoms with E-state index >= 15 is 0 Å². The van der Waals surface area contributed by atoms with Crippen molar-refractivity contribution in [2.75, 3.05) is 46.5 Å². The quantitative estimate of drug-likeness (QED) is 0.202. The molecule has 0 radical (unpaired) electrons. The third-order valence-corrected chi connectivity index (χ3v) is 5.54. The molecule has 3 rings (SSSR count). The summed E-state index contributed by atoms with van der Waals surface area (Å²) in [6.45, 7) is 8.98. The van der Waals surface area contributed by atoms with Crippen molar-refractivity contribution in [3.63, 3.8) is 0 Å². The van der Waals surface area contributed by atoms with Crippen molar-refractivity contribution in [1.29, 1.82) is 0 Å². The number of nitrogens with zero attached hydrogens (tertiary/aromatic N) is 2. The minimum absolute atomic E-state index is 0. The SMILES string of the molecule is CN=C(NCCCOC(C)c1ccccc1)NCc1ccccc1CN1CCOCC1.I. The number of nitrogens with one attached hydrogen (secondary N) is 2. The second kappa shape index (κ2) is 15.2. The maximum Gasteiger partial charge on any atom is 0.191 e. The van der Waals surface area contributed by atoms with Crippen LogP contribution in [0.4, 0.5) is 0 Å². The van der Waals surface area contributed by atoms with E-state index < -0.39 is 0 Å². The van der Waals surface area contributed by atoms with Crippen LogP contribution in [0.1, 0.15) is 36.1 Å². The molecule has 32 heavy (non-hydrogen) atoms. The minimum atomic E-state index is 0. The molecule has 176 valence electrons. The van der Waals surface area contributed by atoms with Crippen molar-refractivity contribution in [3.8, 4) is 0 Å². The molecule has 0 saturated carbocycles. The first-order valence-corrected chi connectivity index (χ1v) is 11.2. The molecule has 7 heteroatoms. The van der Waals surface area contributed by atoms with E-state index in [2.05, 4.69) is 63.8 Å². The van der Waals surface area contributed by atoms with E-state index in [4.69, 9.17) is 9.47 Å². The van der Waals surface area contributed by atoms with E-state index in [1.165, 1.54) is 16.7 Å². The molecule has 1 fully saturated rings. The van der Waals surface area contributed by atoms with Gasteiger partial charge < -0.3 is 20.1 Å². The Balaban J connectivity index is 0.00000363. The number of rotatable bonds is 10. The van der Waals surface area contributed by atoms with E-state index in [0.717, 1.165) is 58.3 Å². The Morgan fingerprint density at radius 2 is 1.72 bits per heavy atom. The molecular weight excluding hydrogens is 515 g/mol. The Kier molecular flexibility index (Phi) is 12.6. The van der Waals surface area contributed by atoms with Crippen LogP contribution >= 0.6 is 24.0 Å². The van der Waals surface area contributed by atoms with Gasteiger partial charge in [-0.2, -0.15) is 0 Å². The molecule has 0 aliphatic carbocycles. The van der Waals surface area contributed by atoms with Gasteiger partial charge in [-0.05, 0) is 30.0 Å². The largest absolute Gasteiger partial charge is 0.379 e. The highest BCUT2D eigenvalue weighted by Gasteiger charge is 2.13. The molecule has 1 atom stereocenters. The zero-order valence-corrected chi connectivity index (χ0v) is 21.6. The van der Waals surface area contributed by atoms with Gasteiger partial charge in [0.15, 0.2) is 5.96 Å². The van der Waals surface area contributed by atoms with Gasteiger partial charge in [0.1, 0.15) is 0 Å². The number of hydrogen-bond donors (Lipinski definition) is 2. The first kappa shape index (κ1) is 26.6. The van der Waals surface area contributed by atoms with Crippen LogP contribution in [-0.2, 0) is 22.6 Å². The number of aliphatic imine (C=N–C) groups is 1. The van der Waals surface area contributed by atoms with E-state index in [0.29, 0.717) is 6.61 Å². The number of hydrogen-bond acceptors (Lipinski definition) is 4. The second-order valence-corrected chi connectivity index (χ2v) is 7.79. The Morgan fingerprint density at radius 3 is 2.44 bits per heavy atom. The van der Waals surface area contributed by atoms with Crippen molar-refractivity contribution >= 4 is 29.9 Å². The van der Waals surface area contributed by atoms with Gasteiger partial charge in [0.25, 0.3) is 0 Å². The molecule has 6 nitrogen and oxygen atoms in total. The molecule has 2 aromatic rings. The monoisotopic (exact) mass is 552 g/mol. The van der Waals surface area contributed by atoms with Crippen molar-refractivity contribution in [1.82, 2.24) is 15.5 Å². The van der Waals surface area contributed by atoms with Gasteiger partial charge in [-0.1, -0.05) is 54.6 Å². The van der Waals surface area contributed by atoms with Gasteiger partial charge in [-0.15, -0.1) is 24.0 Å². The summed E-state index contributed by atoms with van der Waals surface area (Å²) >= 11 is 0. The predicted molar refractivity (Wildman–Crippen MR) is 142 cm³/mol. The van der Waals surface area contributed by atoms with Crippen LogP contribution in [0.5, 0.6) is 0 Å². The first-order valence-electron chi connectivity index (χ1n) is 11.2. The molecule has 0 aromatic heterocycles. The number of benzene rings is 2. The molecule has 1 heterocycles. The highest BCUT2D eigenvalue weighted by Crippen LogP contribution is 2.16. The molecule has 2 N–H and O–H groups in total. The van der Waals surface area contributed by atoms with Crippen LogP contribution in [-0.4, -0.2) is 57.4 Å². The summed E-state index contributed by atoms with van der Waals surface area (Å²) < 4.78 is 11.4. The Bertz CT molecular complexity index is 798. The van der Waals surface area contributed by atoms with Crippen molar-refractivity contribution in [2.24, 2.45) is 4.99 Å². The van der Waals surface area contributed by atoms with Crippen molar-refractivity contribution in [3.05, 3.63) is 71.3 Å². The van der Waals surface area contributed by atoms with Crippen molar-refractivity contribution in [2.45, 2.75) is 32.5 Å². The van der Waals surface area contributed by atoms with Crippen LogP contribution in [0.3, 0.4) is 0 Å².